The standard InChI is InChI=1S/C25H29FN6O4/c1-15(2)36-14-17(13-33)32(21-8-18(34-4)9-22(35-5)24(21)26)23-7-6-19-25(30-23)29-20(11-27-19)16-10-28-31(3)12-16/h6-12,15,17,33H,13-14H2,1-5H3. The van der Waals surface area contributed by atoms with Crippen LogP contribution in [0.3, 0.4) is 0 Å². The zero-order valence-electron chi connectivity index (χ0n) is 20.8. The van der Waals surface area contributed by atoms with Gasteiger partial charge in [-0.2, -0.15) is 5.10 Å². The second-order valence-corrected chi connectivity index (χ2v) is 8.42. The molecule has 1 unspecified atom stereocenters. The van der Waals surface area contributed by atoms with E-state index in [-0.39, 0.29) is 30.8 Å². The Morgan fingerprint density at radius 2 is 1.92 bits per heavy atom. The predicted molar refractivity (Wildman–Crippen MR) is 133 cm³/mol. The number of aliphatic hydroxyl groups excluding tert-OH is 1. The topological polar surface area (TPSA) is 108 Å². The molecule has 3 heterocycles. The van der Waals surface area contributed by atoms with Gasteiger partial charge >= 0.3 is 0 Å². The summed E-state index contributed by atoms with van der Waals surface area (Å²) >= 11 is 0. The maximum Gasteiger partial charge on any atom is 0.188 e. The number of rotatable bonds is 10. The van der Waals surface area contributed by atoms with Crippen molar-refractivity contribution in [2.24, 2.45) is 7.05 Å². The number of hydrogen-bond donors (Lipinski definition) is 1. The number of aromatic nitrogens is 5. The van der Waals surface area contributed by atoms with Gasteiger partial charge in [-0.15, -0.1) is 0 Å². The van der Waals surface area contributed by atoms with Gasteiger partial charge in [0.25, 0.3) is 0 Å². The largest absolute Gasteiger partial charge is 0.497 e. The lowest BCUT2D eigenvalue weighted by Gasteiger charge is -2.32. The van der Waals surface area contributed by atoms with Crippen molar-refractivity contribution in [3.63, 3.8) is 0 Å². The maximum absolute atomic E-state index is 15.6. The third-order valence-electron chi connectivity index (χ3n) is 5.55. The first-order chi connectivity index (χ1) is 17.3. The van der Waals surface area contributed by atoms with Gasteiger partial charge in [0.15, 0.2) is 17.2 Å². The van der Waals surface area contributed by atoms with Crippen LogP contribution in [0.1, 0.15) is 13.8 Å². The van der Waals surface area contributed by atoms with Crippen LogP contribution < -0.4 is 14.4 Å². The molecule has 0 spiro atoms. The minimum atomic E-state index is -0.668. The van der Waals surface area contributed by atoms with Gasteiger partial charge in [-0.25, -0.2) is 14.4 Å². The van der Waals surface area contributed by atoms with Crippen molar-refractivity contribution in [1.29, 1.82) is 0 Å². The molecular weight excluding hydrogens is 467 g/mol. The smallest absolute Gasteiger partial charge is 0.188 e. The number of anilines is 2. The highest BCUT2D eigenvalue weighted by molar-refractivity contribution is 5.77. The Morgan fingerprint density at radius 3 is 2.56 bits per heavy atom. The van der Waals surface area contributed by atoms with Gasteiger partial charge in [-0.3, -0.25) is 9.67 Å². The van der Waals surface area contributed by atoms with Gasteiger partial charge in [0, 0.05) is 30.9 Å². The number of aliphatic hydroxyl groups is 1. The minimum absolute atomic E-state index is 0.00439. The van der Waals surface area contributed by atoms with Crippen LogP contribution in [0.5, 0.6) is 11.5 Å². The summed E-state index contributed by atoms with van der Waals surface area (Å²) in [6.45, 7) is 3.57. The van der Waals surface area contributed by atoms with Crippen LogP contribution in [0.15, 0.2) is 42.9 Å². The first-order valence-corrected chi connectivity index (χ1v) is 11.4. The number of halogens is 1. The van der Waals surface area contributed by atoms with E-state index in [1.54, 1.807) is 34.1 Å². The second-order valence-electron chi connectivity index (χ2n) is 8.42. The number of ether oxygens (including phenoxy) is 3. The Kier molecular flexibility index (Phi) is 7.61. The molecule has 0 saturated carbocycles. The van der Waals surface area contributed by atoms with Crippen LogP contribution in [0.2, 0.25) is 0 Å². The van der Waals surface area contributed by atoms with Gasteiger partial charge in [0.05, 0.1) is 63.4 Å². The second kappa shape index (κ2) is 10.8. The molecule has 36 heavy (non-hydrogen) atoms. The molecule has 4 rings (SSSR count). The molecular formula is C25H29FN6O4. The summed E-state index contributed by atoms with van der Waals surface area (Å²) in [5, 5.41) is 14.5. The summed E-state index contributed by atoms with van der Waals surface area (Å²) in [7, 11) is 4.68. The van der Waals surface area contributed by atoms with Crippen LogP contribution in [-0.2, 0) is 11.8 Å². The Balaban J connectivity index is 1.87. The molecule has 1 aromatic carbocycles. The monoisotopic (exact) mass is 496 g/mol. The first kappa shape index (κ1) is 25.3. The van der Waals surface area contributed by atoms with Crippen molar-refractivity contribution in [2.45, 2.75) is 26.0 Å². The van der Waals surface area contributed by atoms with E-state index >= 15 is 4.39 Å². The number of nitrogens with zero attached hydrogens (tertiary/aromatic N) is 6. The van der Waals surface area contributed by atoms with Crippen molar-refractivity contribution < 1.29 is 23.7 Å². The highest BCUT2D eigenvalue weighted by Gasteiger charge is 2.28. The van der Waals surface area contributed by atoms with Gasteiger partial charge in [-0.1, -0.05) is 0 Å². The van der Waals surface area contributed by atoms with E-state index in [2.05, 4.69) is 15.1 Å². The number of pyridine rings is 1. The van der Waals surface area contributed by atoms with E-state index in [0.29, 0.717) is 28.4 Å². The average molecular weight is 497 g/mol. The lowest BCUT2D eigenvalue weighted by Crippen LogP contribution is -2.40. The van der Waals surface area contributed by atoms with Crippen LogP contribution >= 0.6 is 0 Å². The zero-order chi connectivity index (χ0) is 25.8. The normalized spacial score (nSPS) is 12.2. The molecule has 0 amide bonds. The molecule has 0 fully saturated rings. The molecule has 0 radical (unpaired) electrons. The summed E-state index contributed by atoms with van der Waals surface area (Å²) in [5.41, 5.74) is 2.42. The Hall–Kier alpha value is -3.83. The summed E-state index contributed by atoms with van der Waals surface area (Å²) in [6, 6.07) is 5.76. The molecule has 1 atom stereocenters. The van der Waals surface area contributed by atoms with Crippen LogP contribution in [0.4, 0.5) is 15.9 Å². The quantitative estimate of drug-likeness (QED) is 0.353. The van der Waals surface area contributed by atoms with Crippen molar-refractivity contribution in [3.8, 4) is 22.8 Å². The highest BCUT2D eigenvalue weighted by Crippen LogP contribution is 2.38. The lowest BCUT2D eigenvalue weighted by molar-refractivity contribution is 0.0560. The van der Waals surface area contributed by atoms with E-state index in [0.717, 1.165) is 5.56 Å². The molecule has 0 bridgehead atoms. The number of benzene rings is 1. The SMILES string of the molecule is COc1cc(OC)c(F)c(N(c2ccc3ncc(-c4cnn(C)c4)nc3n2)C(CO)COC(C)C)c1. The van der Waals surface area contributed by atoms with Gasteiger partial charge in [-0.05, 0) is 26.0 Å². The summed E-state index contributed by atoms with van der Waals surface area (Å²) in [6.07, 6.45) is 5.07. The van der Waals surface area contributed by atoms with Crippen LogP contribution in [-0.4, -0.2) is 69.4 Å². The average Bonchev–Trinajstić information content (AvgIpc) is 3.32. The number of methoxy groups -OCH3 is 2. The third kappa shape index (κ3) is 5.21. The lowest BCUT2D eigenvalue weighted by atomic mass is 10.1. The fourth-order valence-corrected chi connectivity index (χ4v) is 3.73. The molecule has 0 aliphatic carbocycles. The summed E-state index contributed by atoms with van der Waals surface area (Å²) in [5.74, 6) is 0.101. The van der Waals surface area contributed by atoms with Crippen molar-refractivity contribution in [2.75, 3.05) is 32.3 Å². The molecule has 3 aromatic heterocycles. The Bertz CT molecular complexity index is 1350. The first-order valence-electron chi connectivity index (χ1n) is 11.4. The number of fused-ring (bicyclic) bond motifs is 1. The molecule has 11 heteroatoms. The van der Waals surface area contributed by atoms with Crippen LogP contribution in [0.25, 0.3) is 22.4 Å². The van der Waals surface area contributed by atoms with Crippen LogP contribution in [0, 0.1) is 5.82 Å². The molecule has 4 aromatic rings. The zero-order valence-corrected chi connectivity index (χ0v) is 20.8. The fourth-order valence-electron chi connectivity index (χ4n) is 3.73. The molecule has 0 saturated heterocycles. The van der Waals surface area contributed by atoms with E-state index in [4.69, 9.17) is 19.2 Å². The Morgan fingerprint density at radius 1 is 1.11 bits per heavy atom. The highest BCUT2D eigenvalue weighted by atomic mass is 19.1. The number of hydrogen-bond acceptors (Lipinski definition) is 9. The van der Waals surface area contributed by atoms with E-state index in [9.17, 15) is 5.11 Å². The van der Waals surface area contributed by atoms with Crippen molar-refractivity contribution >= 4 is 22.7 Å². The van der Waals surface area contributed by atoms with E-state index < -0.39 is 11.9 Å². The summed E-state index contributed by atoms with van der Waals surface area (Å²) in [4.78, 5) is 15.4. The van der Waals surface area contributed by atoms with Gasteiger partial charge < -0.3 is 24.2 Å². The molecule has 1 N–H and O–H groups in total. The maximum atomic E-state index is 15.6. The van der Waals surface area contributed by atoms with Gasteiger partial charge in [0.1, 0.15) is 17.1 Å². The van der Waals surface area contributed by atoms with Gasteiger partial charge in [0.2, 0.25) is 0 Å². The van der Waals surface area contributed by atoms with Crippen molar-refractivity contribution in [1.82, 2.24) is 24.7 Å². The van der Waals surface area contributed by atoms with E-state index in [1.807, 2.05) is 27.1 Å². The predicted octanol–water partition coefficient (Wildman–Crippen LogP) is 3.51. The Labute approximate surface area is 208 Å². The molecule has 0 aliphatic heterocycles. The van der Waals surface area contributed by atoms with E-state index in [1.165, 1.54) is 26.4 Å². The fraction of sp³-hybridized carbons (Fsp3) is 0.360. The molecule has 0 aliphatic rings. The third-order valence-corrected chi connectivity index (χ3v) is 5.55. The summed E-state index contributed by atoms with van der Waals surface area (Å²) < 4.78 is 33.7. The molecule has 190 valence electrons. The van der Waals surface area contributed by atoms with Crippen molar-refractivity contribution in [3.05, 3.63) is 48.7 Å². The minimum Gasteiger partial charge on any atom is -0.497 e. The number of aryl methyl sites for hydroxylation is 1. The molecule has 10 nitrogen and oxygen atoms in total.